The van der Waals surface area contributed by atoms with Gasteiger partial charge in [-0.3, -0.25) is 13.9 Å². The van der Waals surface area contributed by atoms with Crippen LogP contribution in [0.5, 0.6) is 0 Å². The van der Waals surface area contributed by atoms with Gasteiger partial charge in [-0.1, -0.05) is 12.1 Å². The first-order valence-corrected chi connectivity index (χ1v) is 12.6. The summed E-state index contributed by atoms with van der Waals surface area (Å²) < 4.78 is 43.5. The van der Waals surface area contributed by atoms with Gasteiger partial charge in [-0.05, 0) is 48.4 Å². The van der Waals surface area contributed by atoms with Crippen molar-refractivity contribution in [3.8, 4) is 11.4 Å². The predicted molar refractivity (Wildman–Crippen MR) is 133 cm³/mol. The van der Waals surface area contributed by atoms with Crippen LogP contribution in [0, 0.1) is 5.82 Å². The zero-order valence-electron chi connectivity index (χ0n) is 20.0. The SMILES string of the molecule is CN(C)S(=O)(=O)c1ccc(-c2nc3c(c(=O)n(CCCO)c(=O)n3C)n2Cc2ccc(F)cc2)cc1. The summed E-state index contributed by atoms with van der Waals surface area (Å²) >= 11 is 0. The molecule has 2 heterocycles. The fourth-order valence-corrected chi connectivity index (χ4v) is 4.83. The highest BCUT2D eigenvalue weighted by molar-refractivity contribution is 7.89. The topological polar surface area (TPSA) is 119 Å². The van der Waals surface area contributed by atoms with E-state index in [4.69, 9.17) is 0 Å². The summed E-state index contributed by atoms with van der Waals surface area (Å²) in [6.45, 7) is -0.000662. The van der Waals surface area contributed by atoms with Crippen molar-refractivity contribution in [3.05, 3.63) is 80.7 Å². The number of benzene rings is 2. The number of hydrogen-bond acceptors (Lipinski definition) is 6. The van der Waals surface area contributed by atoms with Crippen molar-refractivity contribution in [1.29, 1.82) is 0 Å². The number of aliphatic hydroxyl groups is 1. The first kappa shape index (κ1) is 25.5. The largest absolute Gasteiger partial charge is 0.396 e. The molecule has 0 bridgehead atoms. The number of aryl methyl sites for hydroxylation is 1. The van der Waals surface area contributed by atoms with Gasteiger partial charge in [0.25, 0.3) is 5.56 Å². The maximum Gasteiger partial charge on any atom is 0.332 e. The molecular weight excluding hydrogens is 489 g/mol. The lowest BCUT2D eigenvalue weighted by Crippen LogP contribution is -2.39. The minimum Gasteiger partial charge on any atom is -0.396 e. The molecule has 1 N–H and O–H groups in total. The Morgan fingerprint density at radius 3 is 2.22 bits per heavy atom. The van der Waals surface area contributed by atoms with Gasteiger partial charge in [0.2, 0.25) is 10.0 Å². The van der Waals surface area contributed by atoms with Crippen LogP contribution in [-0.2, 0) is 30.2 Å². The molecule has 0 saturated carbocycles. The Morgan fingerprint density at radius 2 is 1.64 bits per heavy atom. The van der Waals surface area contributed by atoms with Crippen LogP contribution >= 0.6 is 0 Å². The molecule has 4 rings (SSSR count). The normalized spacial score (nSPS) is 12.1. The van der Waals surface area contributed by atoms with E-state index in [9.17, 15) is 27.5 Å². The van der Waals surface area contributed by atoms with Gasteiger partial charge >= 0.3 is 5.69 Å². The van der Waals surface area contributed by atoms with E-state index >= 15 is 0 Å². The molecule has 0 amide bonds. The Bertz CT molecular complexity index is 1640. The summed E-state index contributed by atoms with van der Waals surface area (Å²) in [6, 6.07) is 11.9. The number of fused-ring (bicyclic) bond motifs is 1. The fourth-order valence-electron chi connectivity index (χ4n) is 3.93. The van der Waals surface area contributed by atoms with Crippen LogP contribution < -0.4 is 11.2 Å². The Hall–Kier alpha value is -3.61. The molecule has 0 aliphatic heterocycles. The van der Waals surface area contributed by atoms with E-state index in [1.165, 1.54) is 50.0 Å². The summed E-state index contributed by atoms with van der Waals surface area (Å²) in [5.41, 5.74) is 0.422. The van der Waals surface area contributed by atoms with Gasteiger partial charge < -0.3 is 9.67 Å². The van der Waals surface area contributed by atoms with Crippen LogP contribution in [0.25, 0.3) is 22.6 Å². The van der Waals surface area contributed by atoms with Gasteiger partial charge in [0, 0.05) is 46.4 Å². The van der Waals surface area contributed by atoms with E-state index in [0.717, 1.165) is 8.87 Å². The maximum atomic E-state index is 13.5. The molecule has 0 atom stereocenters. The Labute approximate surface area is 206 Å². The maximum absolute atomic E-state index is 13.5. The van der Waals surface area contributed by atoms with Crippen LogP contribution in [0.2, 0.25) is 0 Å². The number of halogens is 1. The molecule has 12 heteroatoms. The van der Waals surface area contributed by atoms with E-state index in [0.29, 0.717) is 17.0 Å². The van der Waals surface area contributed by atoms with Crippen molar-refractivity contribution in [2.75, 3.05) is 20.7 Å². The van der Waals surface area contributed by atoms with Crippen molar-refractivity contribution < 1.29 is 17.9 Å². The third-order valence-corrected chi connectivity index (χ3v) is 7.75. The molecule has 0 fully saturated rings. The first-order chi connectivity index (χ1) is 17.1. The highest BCUT2D eigenvalue weighted by atomic mass is 32.2. The Kier molecular flexibility index (Phi) is 6.94. The number of aliphatic hydroxyl groups excluding tert-OH is 1. The molecule has 0 spiro atoms. The first-order valence-electron chi connectivity index (χ1n) is 11.1. The van der Waals surface area contributed by atoms with Crippen LogP contribution in [0.4, 0.5) is 4.39 Å². The summed E-state index contributed by atoms with van der Waals surface area (Å²) in [6.07, 6.45) is 0.224. The molecule has 2 aromatic heterocycles. The van der Waals surface area contributed by atoms with Crippen molar-refractivity contribution >= 4 is 21.2 Å². The van der Waals surface area contributed by atoms with Crippen molar-refractivity contribution in [2.45, 2.75) is 24.4 Å². The van der Waals surface area contributed by atoms with Gasteiger partial charge in [0.1, 0.15) is 11.6 Å². The number of sulfonamides is 1. The van der Waals surface area contributed by atoms with Crippen LogP contribution in [0.3, 0.4) is 0 Å². The van der Waals surface area contributed by atoms with E-state index < -0.39 is 27.1 Å². The number of rotatable bonds is 8. The molecule has 0 radical (unpaired) electrons. The number of nitrogens with zero attached hydrogens (tertiary/aromatic N) is 5. The number of hydrogen-bond donors (Lipinski definition) is 1. The molecule has 4 aromatic rings. The molecule has 0 aliphatic carbocycles. The van der Waals surface area contributed by atoms with Crippen LogP contribution in [0.1, 0.15) is 12.0 Å². The second kappa shape index (κ2) is 9.80. The molecule has 0 saturated heterocycles. The van der Waals surface area contributed by atoms with Crippen molar-refractivity contribution in [2.24, 2.45) is 7.05 Å². The molecule has 36 heavy (non-hydrogen) atoms. The van der Waals surface area contributed by atoms with Gasteiger partial charge in [-0.25, -0.2) is 26.9 Å². The lowest BCUT2D eigenvalue weighted by atomic mass is 10.2. The zero-order chi connectivity index (χ0) is 26.2. The molecule has 2 aromatic carbocycles. The van der Waals surface area contributed by atoms with Gasteiger partial charge in [0.05, 0.1) is 4.90 Å². The van der Waals surface area contributed by atoms with Crippen LogP contribution in [0.15, 0.2) is 63.0 Å². The van der Waals surface area contributed by atoms with Crippen molar-refractivity contribution in [1.82, 2.24) is 23.0 Å². The summed E-state index contributed by atoms with van der Waals surface area (Å²) in [7, 11) is 0.736. The monoisotopic (exact) mass is 515 g/mol. The Morgan fingerprint density at radius 1 is 1.00 bits per heavy atom. The molecular formula is C24H26FN5O5S. The van der Waals surface area contributed by atoms with E-state index in [-0.39, 0.29) is 42.2 Å². The molecule has 190 valence electrons. The third-order valence-electron chi connectivity index (χ3n) is 5.92. The molecule has 0 aliphatic rings. The number of imidazole rings is 1. The molecule has 0 unspecified atom stereocenters. The fraction of sp³-hybridized carbons (Fsp3) is 0.292. The molecule has 10 nitrogen and oxygen atoms in total. The standard InChI is InChI=1S/C24H26FN5O5S/c1-27(2)36(34,35)19-11-7-17(8-12-19)21-26-22-20(30(21)15-16-5-9-18(25)10-6-16)23(32)29(13-4-14-31)24(33)28(22)3/h5-12,31H,4,13-15H2,1-3H3. The van der Waals surface area contributed by atoms with E-state index in [1.54, 1.807) is 28.8 Å². The highest BCUT2D eigenvalue weighted by Gasteiger charge is 2.22. The van der Waals surface area contributed by atoms with Gasteiger partial charge in [0.15, 0.2) is 11.2 Å². The lowest BCUT2D eigenvalue weighted by molar-refractivity contribution is 0.277. The quantitative estimate of drug-likeness (QED) is 0.379. The minimum absolute atomic E-state index is 0.0338. The third kappa shape index (κ3) is 4.50. The predicted octanol–water partition coefficient (Wildman–Crippen LogP) is 1.38. The average molecular weight is 516 g/mol. The minimum atomic E-state index is -3.65. The zero-order valence-corrected chi connectivity index (χ0v) is 20.9. The summed E-state index contributed by atoms with van der Waals surface area (Å²) in [4.78, 5) is 31.0. The second-order valence-electron chi connectivity index (χ2n) is 8.51. The van der Waals surface area contributed by atoms with E-state index in [1.807, 2.05) is 0 Å². The van der Waals surface area contributed by atoms with E-state index in [2.05, 4.69) is 4.98 Å². The second-order valence-corrected chi connectivity index (χ2v) is 10.7. The lowest BCUT2D eigenvalue weighted by Gasteiger charge is -2.13. The summed E-state index contributed by atoms with van der Waals surface area (Å²) in [5.74, 6) is -0.0592. The van der Waals surface area contributed by atoms with Crippen LogP contribution in [-0.4, -0.2) is 57.2 Å². The van der Waals surface area contributed by atoms with Gasteiger partial charge in [-0.2, -0.15) is 0 Å². The number of aromatic nitrogens is 4. The Balaban J connectivity index is 1.97. The van der Waals surface area contributed by atoms with Crippen molar-refractivity contribution in [3.63, 3.8) is 0 Å². The summed E-state index contributed by atoms with van der Waals surface area (Å²) in [5, 5.41) is 9.21. The van der Waals surface area contributed by atoms with Gasteiger partial charge in [-0.15, -0.1) is 0 Å². The highest BCUT2D eigenvalue weighted by Crippen LogP contribution is 2.26. The smallest absolute Gasteiger partial charge is 0.332 e. The average Bonchev–Trinajstić information content (AvgIpc) is 3.23.